The van der Waals surface area contributed by atoms with Crippen LogP contribution in [0.15, 0.2) is 0 Å². The van der Waals surface area contributed by atoms with E-state index >= 15 is 0 Å². The molecule has 10 heavy (non-hydrogen) atoms. The summed E-state index contributed by atoms with van der Waals surface area (Å²) in [5.41, 5.74) is -0.0907. The average Bonchev–Trinajstić information content (AvgIpc) is 1.60. The smallest absolute Gasteiger partial charge is 0.0155 e. The van der Waals surface area contributed by atoms with Gasteiger partial charge in [0.2, 0.25) is 0 Å². The number of hydrogen-bond donors (Lipinski definition) is 0. The molecule has 0 radical (unpaired) electrons. The molecule has 0 aromatic heterocycles. The lowest BCUT2D eigenvalue weighted by Crippen LogP contribution is -2.26. The fourth-order valence-corrected chi connectivity index (χ4v) is 1.41. The molecule has 1 atom stereocenters. The third-order valence-corrected chi connectivity index (χ3v) is 3.03. The van der Waals surface area contributed by atoms with Crippen LogP contribution in [-0.2, 0) is 11.1 Å². The third-order valence-electron chi connectivity index (χ3n) is 2.05. The van der Waals surface area contributed by atoms with E-state index in [9.17, 15) is 8.76 Å². The van der Waals surface area contributed by atoms with Gasteiger partial charge in [-0.1, -0.05) is 38.8 Å². The van der Waals surface area contributed by atoms with E-state index < -0.39 is 11.1 Å². The molecule has 0 rings (SSSR count). The Morgan fingerprint density at radius 3 is 2.00 bits per heavy atom. The van der Waals surface area contributed by atoms with Crippen LogP contribution in [0.2, 0.25) is 0 Å². The Morgan fingerprint density at radius 1 is 1.50 bits per heavy atom. The molecule has 0 spiro atoms. The summed E-state index contributed by atoms with van der Waals surface area (Å²) in [4.78, 5) is 0. The van der Waals surface area contributed by atoms with Gasteiger partial charge in [-0.05, 0) is 11.3 Å². The van der Waals surface area contributed by atoms with Gasteiger partial charge >= 0.3 is 0 Å². The maximum Gasteiger partial charge on any atom is 0.0155 e. The van der Waals surface area contributed by atoms with Crippen molar-refractivity contribution in [1.29, 1.82) is 0 Å². The van der Waals surface area contributed by atoms with Crippen molar-refractivity contribution in [3.8, 4) is 0 Å². The van der Waals surface area contributed by atoms with E-state index in [-0.39, 0.29) is 11.2 Å². The van der Waals surface area contributed by atoms with Gasteiger partial charge in [-0.25, -0.2) is 0 Å². The largest absolute Gasteiger partial charge is 0.772 e. The molecule has 0 saturated heterocycles. The zero-order valence-corrected chi connectivity index (χ0v) is 7.83. The predicted octanol–water partition coefficient (Wildman–Crippen LogP) is 1.55. The third kappa shape index (κ3) is 3.32. The first-order valence-electron chi connectivity index (χ1n) is 3.42. The van der Waals surface area contributed by atoms with Crippen LogP contribution in [0.5, 0.6) is 0 Å². The SMILES string of the molecule is CC(C)C(C)(C)CS(=O)[O-]. The van der Waals surface area contributed by atoms with Crippen LogP contribution in [0.25, 0.3) is 0 Å². The van der Waals surface area contributed by atoms with Crippen molar-refractivity contribution in [2.24, 2.45) is 11.3 Å². The first kappa shape index (κ1) is 10.1. The Balaban J connectivity index is 3.99. The van der Waals surface area contributed by atoms with Crippen LogP contribution >= 0.6 is 0 Å². The van der Waals surface area contributed by atoms with Crippen LogP contribution in [0.4, 0.5) is 0 Å². The van der Waals surface area contributed by atoms with Gasteiger partial charge in [-0.2, -0.15) is 0 Å². The van der Waals surface area contributed by atoms with Gasteiger partial charge < -0.3 is 4.55 Å². The van der Waals surface area contributed by atoms with Crippen molar-refractivity contribution in [1.82, 2.24) is 0 Å². The van der Waals surface area contributed by atoms with Gasteiger partial charge in [0.1, 0.15) is 0 Å². The van der Waals surface area contributed by atoms with Crippen LogP contribution in [0.3, 0.4) is 0 Å². The van der Waals surface area contributed by atoms with Gasteiger partial charge in [0.15, 0.2) is 0 Å². The minimum absolute atomic E-state index is 0.0907. The highest BCUT2D eigenvalue weighted by Gasteiger charge is 2.21. The summed E-state index contributed by atoms with van der Waals surface area (Å²) in [6, 6.07) is 0. The molecule has 0 fully saturated rings. The average molecular weight is 163 g/mol. The summed E-state index contributed by atoms with van der Waals surface area (Å²) in [6.07, 6.45) is 0. The predicted molar refractivity (Wildman–Crippen MR) is 42.4 cm³/mol. The second-order valence-electron chi connectivity index (χ2n) is 3.59. The molecule has 0 bridgehead atoms. The van der Waals surface area contributed by atoms with E-state index in [1.807, 2.05) is 27.7 Å². The van der Waals surface area contributed by atoms with Gasteiger partial charge in [-0.15, -0.1) is 0 Å². The molecule has 1 unspecified atom stereocenters. The van der Waals surface area contributed by atoms with Crippen molar-refractivity contribution in [2.45, 2.75) is 27.7 Å². The van der Waals surface area contributed by atoms with E-state index in [1.165, 1.54) is 0 Å². The highest BCUT2D eigenvalue weighted by atomic mass is 32.2. The van der Waals surface area contributed by atoms with Crippen LogP contribution in [0.1, 0.15) is 27.7 Å². The first-order valence-corrected chi connectivity index (χ1v) is 4.66. The Kier molecular flexibility index (Phi) is 3.52. The molecular weight excluding hydrogens is 148 g/mol. The number of rotatable bonds is 3. The molecule has 0 aliphatic carbocycles. The summed E-state index contributed by atoms with van der Waals surface area (Å²) in [5, 5.41) is 0. The van der Waals surface area contributed by atoms with Gasteiger partial charge in [0.25, 0.3) is 0 Å². The molecule has 0 aliphatic rings. The fraction of sp³-hybridized carbons (Fsp3) is 1.00. The molecule has 0 aromatic carbocycles. The highest BCUT2D eigenvalue weighted by Crippen LogP contribution is 2.26. The molecule has 0 heterocycles. The molecule has 0 N–H and O–H groups in total. The van der Waals surface area contributed by atoms with Crippen molar-refractivity contribution in [2.75, 3.05) is 5.75 Å². The lowest BCUT2D eigenvalue weighted by Gasteiger charge is -2.29. The van der Waals surface area contributed by atoms with Crippen molar-refractivity contribution >= 4 is 11.1 Å². The summed E-state index contributed by atoms with van der Waals surface area (Å²) in [7, 11) is 0. The molecule has 62 valence electrons. The highest BCUT2D eigenvalue weighted by molar-refractivity contribution is 7.79. The van der Waals surface area contributed by atoms with E-state index in [0.29, 0.717) is 5.92 Å². The monoisotopic (exact) mass is 163 g/mol. The Morgan fingerprint density at radius 2 is 1.90 bits per heavy atom. The molecule has 3 heteroatoms. The second kappa shape index (κ2) is 3.49. The van der Waals surface area contributed by atoms with E-state index in [2.05, 4.69) is 0 Å². The minimum atomic E-state index is -1.91. The molecular formula is C7H15O2S-. The van der Waals surface area contributed by atoms with Crippen LogP contribution < -0.4 is 0 Å². The fourth-order valence-electron chi connectivity index (χ4n) is 0.470. The molecule has 0 aromatic rings. The molecule has 0 aliphatic heterocycles. The number of hydrogen-bond acceptors (Lipinski definition) is 2. The minimum Gasteiger partial charge on any atom is -0.772 e. The van der Waals surface area contributed by atoms with Crippen molar-refractivity contribution in [3.05, 3.63) is 0 Å². The normalized spacial score (nSPS) is 15.8. The van der Waals surface area contributed by atoms with Gasteiger partial charge in [-0.3, -0.25) is 4.21 Å². The Hall–Kier alpha value is 0.110. The van der Waals surface area contributed by atoms with E-state index in [0.717, 1.165) is 0 Å². The second-order valence-corrected chi connectivity index (χ2v) is 4.49. The van der Waals surface area contributed by atoms with Crippen molar-refractivity contribution < 1.29 is 8.76 Å². The summed E-state index contributed by atoms with van der Waals surface area (Å²) in [6.45, 7) is 8.00. The van der Waals surface area contributed by atoms with Gasteiger partial charge in [0.05, 0.1) is 0 Å². The lowest BCUT2D eigenvalue weighted by molar-refractivity contribution is 0.284. The maximum atomic E-state index is 10.3. The standard InChI is InChI=1S/C7H16O2S/c1-6(2)7(3,4)5-10(8)9/h6H,5H2,1-4H3,(H,8,9)/p-1. The topological polar surface area (TPSA) is 40.1 Å². The van der Waals surface area contributed by atoms with Crippen LogP contribution in [-0.4, -0.2) is 14.5 Å². The zero-order chi connectivity index (χ0) is 8.36. The summed E-state index contributed by atoms with van der Waals surface area (Å²) in [5.74, 6) is 0.662. The Labute approximate surface area is 65.3 Å². The quantitative estimate of drug-likeness (QED) is 0.592. The van der Waals surface area contributed by atoms with Gasteiger partial charge in [0, 0.05) is 5.75 Å². The first-order chi connectivity index (χ1) is 4.36. The molecule has 0 amide bonds. The van der Waals surface area contributed by atoms with E-state index in [4.69, 9.17) is 0 Å². The summed E-state index contributed by atoms with van der Waals surface area (Å²) < 4.78 is 20.6. The molecule has 0 saturated carbocycles. The Bertz CT molecular complexity index is 130. The summed E-state index contributed by atoms with van der Waals surface area (Å²) >= 11 is -1.91. The molecule has 2 nitrogen and oxygen atoms in total. The zero-order valence-electron chi connectivity index (χ0n) is 7.01. The van der Waals surface area contributed by atoms with Crippen LogP contribution in [0, 0.1) is 11.3 Å². The van der Waals surface area contributed by atoms with Crippen molar-refractivity contribution in [3.63, 3.8) is 0 Å². The van der Waals surface area contributed by atoms with E-state index in [1.54, 1.807) is 0 Å². The lowest BCUT2D eigenvalue weighted by atomic mass is 9.83. The maximum absolute atomic E-state index is 10.3.